The van der Waals surface area contributed by atoms with Crippen LogP contribution in [0.5, 0.6) is 0 Å². The Balaban J connectivity index is 2.59. The minimum Gasteiger partial charge on any atom is -0.300 e. The second kappa shape index (κ2) is 3.20. The van der Waals surface area contributed by atoms with Gasteiger partial charge in [0.2, 0.25) is 0 Å². The second-order valence-electron chi connectivity index (χ2n) is 2.57. The first kappa shape index (κ1) is 8.85. The van der Waals surface area contributed by atoms with Gasteiger partial charge in [0.05, 0.1) is 15.1 Å². The van der Waals surface area contributed by atoms with Gasteiger partial charge in [-0.3, -0.25) is 15.5 Å². The lowest BCUT2D eigenvalue weighted by atomic mass is 10.3. The van der Waals surface area contributed by atoms with Crippen molar-refractivity contribution in [3.63, 3.8) is 0 Å². The number of non-ortho nitro benzene ring substituents is 1. The molecule has 0 fully saturated rings. The number of benzene rings is 1. The molecule has 1 heterocycles. The van der Waals surface area contributed by atoms with E-state index in [9.17, 15) is 10.1 Å². The number of nitrogens with zero attached hydrogens (tertiary/aromatic N) is 2. The summed E-state index contributed by atoms with van der Waals surface area (Å²) in [5.41, 5.74) is 3.16. The van der Waals surface area contributed by atoms with E-state index in [1.54, 1.807) is 6.07 Å². The zero-order valence-electron chi connectivity index (χ0n) is 6.93. The van der Waals surface area contributed by atoms with Crippen molar-refractivity contribution in [3.05, 3.63) is 28.3 Å². The third-order valence-corrected chi connectivity index (χ3v) is 2.66. The van der Waals surface area contributed by atoms with E-state index in [0.717, 1.165) is 4.70 Å². The predicted molar refractivity (Wildman–Crippen MR) is 54.1 cm³/mol. The fraction of sp³-hybridized carbons (Fsp3) is 0. The van der Waals surface area contributed by atoms with Crippen LogP contribution in [0.25, 0.3) is 10.2 Å². The van der Waals surface area contributed by atoms with E-state index in [2.05, 4.69) is 10.4 Å². The number of rotatable bonds is 2. The van der Waals surface area contributed by atoms with Gasteiger partial charge in [0.15, 0.2) is 5.13 Å². The van der Waals surface area contributed by atoms with E-state index >= 15 is 0 Å². The molecule has 0 saturated carbocycles. The Kier molecular flexibility index (Phi) is 2.02. The molecule has 0 bridgehead atoms. The molecule has 0 radical (unpaired) electrons. The molecule has 0 aliphatic heterocycles. The molecule has 1 aromatic heterocycles. The SMILES string of the molecule is NNc1nc2ccc([N+](=O)[O-])cc2s1. The number of thiazole rings is 1. The van der Waals surface area contributed by atoms with E-state index in [4.69, 9.17) is 5.84 Å². The Bertz CT molecular complexity index is 495. The van der Waals surface area contributed by atoms with Crippen LogP contribution in [0.4, 0.5) is 10.8 Å². The van der Waals surface area contributed by atoms with Gasteiger partial charge in [-0.05, 0) is 6.07 Å². The molecule has 3 N–H and O–H groups in total. The Morgan fingerprint density at radius 3 is 3.00 bits per heavy atom. The van der Waals surface area contributed by atoms with Gasteiger partial charge in [-0.25, -0.2) is 10.8 Å². The minimum atomic E-state index is -0.436. The number of nitrogens with two attached hydrogens (primary N) is 1. The van der Waals surface area contributed by atoms with Crippen LogP contribution in [-0.2, 0) is 0 Å². The molecular formula is C7H6N4O2S. The molecule has 14 heavy (non-hydrogen) atoms. The molecule has 2 rings (SSSR count). The molecule has 2 aromatic rings. The summed E-state index contributed by atoms with van der Waals surface area (Å²) in [7, 11) is 0. The molecule has 0 aliphatic rings. The number of nitrogen functional groups attached to an aromatic ring is 1. The first-order valence-corrected chi connectivity index (χ1v) is 4.54. The molecule has 0 spiro atoms. The van der Waals surface area contributed by atoms with Crippen LogP contribution in [0.3, 0.4) is 0 Å². The molecule has 0 unspecified atom stereocenters. The van der Waals surface area contributed by atoms with Crippen molar-refractivity contribution in [1.29, 1.82) is 0 Å². The number of hydrogen-bond acceptors (Lipinski definition) is 6. The number of hydrogen-bond donors (Lipinski definition) is 2. The maximum absolute atomic E-state index is 10.5. The van der Waals surface area contributed by atoms with Crippen LogP contribution in [0, 0.1) is 10.1 Å². The fourth-order valence-electron chi connectivity index (χ4n) is 1.09. The number of nitro groups is 1. The molecule has 0 aliphatic carbocycles. The van der Waals surface area contributed by atoms with Gasteiger partial charge in [-0.15, -0.1) is 0 Å². The summed E-state index contributed by atoms with van der Waals surface area (Å²) in [5, 5.41) is 11.0. The first-order valence-electron chi connectivity index (χ1n) is 3.72. The first-order chi connectivity index (χ1) is 6.70. The molecule has 0 saturated heterocycles. The number of nitro benzene ring substituents is 1. The molecule has 72 valence electrons. The van der Waals surface area contributed by atoms with E-state index in [0.29, 0.717) is 10.6 Å². The van der Waals surface area contributed by atoms with Crippen molar-refractivity contribution >= 4 is 32.4 Å². The van der Waals surface area contributed by atoms with E-state index in [1.807, 2.05) is 0 Å². The van der Waals surface area contributed by atoms with Gasteiger partial charge in [0.25, 0.3) is 5.69 Å². The van der Waals surface area contributed by atoms with E-state index < -0.39 is 4.92 Å². The standard InChI is InChI=1S/C7H6N4O2S/c8-10-7-9-5-2-1-4(11(12)13)3-6(5)14-7/h1-3H,8H2,(H,9,10). The lowest BCUT2D eigenvalue weighted by Gasteiger charge is -1.88. The molecule has 1 aromatic carbocycles. The Hall–Kier alpha value is -1.73. The van der Waals surface area contributed by atoms with Crippen LogP contribution in [-0.4, -0.2) is 9.91 Å². The summed E-state index contributed by atoms with van der Waals surface area (Å²) in [6.45, 7) is 0. The zero-order valence-corrected chi connectivity index (χ0v) is 7.75. The highest BCUT2D eigenvalue weighted by Crippen LogP contribution is 2.28. The molecule has 6 nitrogen and oxygen atoms in total. The summed E-state index contributed by atoms with van der Waals surface area (Å²) in [6.07, 6.45) is 0. The summed E-state index contributed by atoms with van der Waals surface area (Å²) in [4.78, 5) is 14.1. The topological polar surface area (TPSA) is 94.1 Å². The number of aromatic nitrogens is 1. The maximum atomic E-state index is 10.5. The van der Waals surface area contributed by atoms with Crippen molar-refractivity contribution in [3.8, 4) is 0 Å². The Morgan fingerprint density at radius 1 is 1.57 bits per heavy atom. The zero-order chi connectivity index (χ0) is 10.1. The minimum absolute atomic E-state index is 0.0599. The van der Waals surface area contributed by atoms with Crippen LogP contribution < -0.4 is 11.3 Å². The average molecular weight is 210 g/mol. The van der Waals surface area contributed by atoms with E-state index in [-0.39, 0.29) is 5.69 Å². The van der Waals surface area contributed by atoms with Gasteiger partial charge >= 0.3 is 0 Å². The lowest BCUT2D eigenvalue weighted by molar-refractivity contribution is -0.384. The monoisotopic (exact) mass is 210 g/mol. The normalized spacial score (nSPS) is 10.4. The fourth-order valence-corrected chi connectivity index (χ4v) is 1.90. The average Bonchev–Trinajstić information content (AvgIpc) is 2.58. The maximum Gasteiger partial charge on any atom is 0.270 e. The molecule has 7 heteroatoms. The van der Waals surface area contributed by atoms with Crippen molar-refractivity contribution in [2.45, 2.75) is 0 Å². The van der Waals surface area contributed by atoms with Gasteiger partial charge in [0.1, 0.15) is 0 Å². The van der Waals surface area contributed by atoms with Crippen molar-refractivity contribution in [1.82, 2.24) is 4.98 Å². The highest BCUT2D eigenvalue weighted by Gasteiger charge is 2.09. The molecule has 0 amide bonds. The number of hydrazine groups is 1. The predicted octanol–water partition coefficient (Wildman–Crippen LogP) is 1.49. The van der Waals surface area contributed by atoms with Gasteiger partial charge in [-0.2, -0.15) is 0 Å². The third kappa shape index (κ3) is 1.38. The van der Waals surface area contributed by atoms with Crippen molar-refractivity contribution in [2.75, 3.05) is 5.43 Å². The molecular weight excluding hydrogens is 204 g/mol. The number of fused-ring (bicyclic) bond motifs is 1. The van der Waals surface area contributed by atoms with Gasteiger partial charge in [0, 0.05) is 12.1 Å². The van der Waals surface area contributed by atoms with Crippen LogP contribution in [0.2, 0.25) is 0 Å². The van der Waals surface area contributed by atoms with Crippen LogP contribution in [0.15, 0.2) is 18.2 Å². The third-order valence-electron chi connectivity index (χ3n) is 1.71. The summed E-state index contributed by atoms with van der Waals surface area (Å²) < 4.78 is 0.743. The second-order valence-corrected chi connectivity index (χ2v) is 3.60. The number of nitrogens with one attached hydrogen (secondary N) is 1. The van der Waals surface area contributed by atoms with Crippen molar-refractivity contribution in [2.24, 2.45) is 5.84 Å². The largest absolute Gasteiger partial charge is 0.300 e. The summed E-state index contributed by atoms with van der Waals surface area (Å²) in [6, 6.07) is 4.50. The quantitative estimate of drug-likeness (QED) is 0.445. The summed E-state index contributed by atoms with van der Waals surface area (Å²) in [5.74, 6) is 5.18. The van der Waals surface area contributed by atoms with Crippen molar-refractivity contribution < 1.29 is 4.92 Å². The summed E-state index contributed by atoms with van der Waals surface area (Å²) >= 11 is 1.28. The number of anilines is 1. The highest BCUT2D eigenvalue weighted by atomic mass is 32.1. The van der Waals surface area contributed by atoms with Gasteiger partial charge in [-0.1, -0.05) is 11.3 Å². The van der Waals surface area contributed by atoms with E-state index in [1.165, 1.54) is 23.5 Å². The van der Waals surface area contributed by atoms with Gasteiger partial charge < -0.3 is 0 Å². The lowest BCUT2D eigenvalue weighted by Crippen LogP contribution is -2.05. The smallest absolute Gasteiger partial charge is 0.270 e. The van der Waals surface area contributed by atoms with Crippen LogP contribution >= 0.6 is 11.3 Å². The highest BCUT2D eigenvalue weighted by molar-refractivity contribution is 7.22. The molecule has 0 atom stereocenters. The Morgan fingerprint density at radius 2 is 2.36 bits per heavy atom. The Labute approximate surface area is 82.5 Å². The van der Waals surface area contributed by atoms with Crippen LogP contribution in [0.1, 0.15) is 0 Å².